The maximum absolute atomic E-state index is 11.8. The van der Waals surface area contributed by atoms with Gasteiger partial charge in [-0.1, -0.05) is 0 Å². The number of nitrogens with zero attached hydrogens (tertiary/aromatic N) is 3. The number of hydrogen-bond donors (Lipinski definition) is 2. The summed E-state index contributed by atoms with van der Waals surface area (Å²) >= 11 is 0. The van der Waals surface area contributed by atoms with Crippen molar-refractivity contribution in [3.8, 4) is 11.3 Å². The van der Waals surface area contributed by atoms with Crippen LogP contribution in [-0.4, -0.2) is 37.7 Å². The molecular formula is C12H11N5O2. The van der Waals surface area contributed by atoms with Crippen LogP contribution < -0.4 is 0 Å². The van der Waals surface area contributed by atoms with Gasteiger partial charge in [-0.3, -0.25) is 5.10 Å². The molecule has 19 heavy (non-hydrogen) atoms. The predicted octanol–water partition coefficient (Wildman–Crippen LogP) is 1.52. The SMILES string of the molecule is CCOC(=O)c1[nH]ncc1-c1ncnc2[nH]ccc12. The van der Waals surface area contributed by atoms with Crippen LogP contribution in [-0.2, 0) is 4.74 Å². The molecule has 0 atom stereocenters. The lowest BCUT2D eigenvalue weighted by atomic mass is 10.1. The molecule has 0 saturated carbocycles. The standard InChI is InChI=1S/C12H11N5O2/c1-2-19-12(18)10-8(5-16-17-10)9-7-3-4-13-11(7)15-6-14-9/h3-6H,2H2,1H3,(H,16,17)(H,13,14,15). The Labute approximate surface area is 108 Å². The van der Waals surface area contributed by atoms with Crippen LogP contribution in [0, 0.1) is 0 Å². The van der Waals surface area contributed by atoms with E-state index in [4.69, 9.17) is 4.74 Å². The van der Waals surface area contributed by atoms with E-state index in [-0.39, 0.29) is 0 Å². The van der Waals surface area contributed by atoms with Crippen molar-refractivity contribution < 1.29 is 9.53 Å². The Bertz CT molecular complexity index is 730. The zero-order chi connectivity index (χ0) is 13.2. The fraction of sp³-hybridized carbons (Fsp3) is 0.167. The summed E-state index contributed by atoms with van der Waals surface area (Å²) in [5.74, 6) is -0.447. The van der Waals surface area contributed by atoms with Crippen LogP contribution in [0.2, 0.25) is 0 Å². The van der Waals surface area contributed by atoms with Gasteiger partial charge in [0, 0.05) is 11.6 Å². The highest BCUT2D eigenvalue weighted by molar-refractivity contribution is 5.99. The van der Waals surface area contributed by atoms with Crippen molar-refractivity contribution in [3.63, 3.8) is 0 Å². The molecule has 0 radical (unpaired) electrons. The molecule has 0 spiro atoms. The Morgan fingerprint density at radius 3 is 3.16 bits per heavy atom. The highest BCUT2D eigenvalue weighted by atomic mass is 16.5. The highest BCUT2D eigenvalue weighted by Gasteiger charge is 2.19. The van der Waals surface area contributed by atoms with Crippen LogP contribution in [0.3, 0.4) is 0 Å². The van der Waals surface area contributed by atoms with Gasteiger partial charge in [0.25, 0.3) is 0 Å². The average Bonchev–Trinajstić information content (AvgIpc) is 3.07. The molecule has 7 heteroatoms. The lowest BCUT2D eigenvalue weighted by Gasteiger charge is -2.03. The Morgan fingerprint density at radius 1 is 1.42 bits per heavy atom. The van der Waals surface area contributed by atoms with Crippen LogP contribution in [0.1, 0.15) is 17.4 Å². The van der Waals surface area contributed by atoms with Gasteiger partial charge in [0.2, 0.25) is 0 Å². The van der Waals surface area contributed by atoms with E-state index in [0.29, 0.717) is 29.2 Å². The molecule has 0 amide bonds. The van der Waals surface area contributed by atoms with Crippen LogP contribution in [0.25, 0.3) is 22.3 Å². The molecule has 3 aromatic rings. The Kier molecular flexibility index (Phi) is 2.71. The van der Waals surface area contributed by atoms with E-state index in [2.05, 4.69) is 25.1 Å². The van der Waals surface area contributed by atoms with E-state index in [0.717, 1.165) is 5.39 Å². The second kappa shape index (κ2) is 4.52. The Hall–Kier alpha value is -2.70. The number of esters is 1. The third kappa shape index (κ3) is 1.85. The Morgan fingerprint density at radius 2 is 2.32 bits per heavy atom. The first-order valence-electron chi connectivity index (χ1n) is 5.80. The van der Waals surface area contributed by atoms with Gasteiger partial charge in [0.05, 0.1) is 24.1 Å². The fourth-order valence-electron chi connectivity index (χ4n) is 1.91. The molecule has 3 aromatic heterocycles. The minimum Gasteiger partial charge on any atom is -0.461 e. The number of aromatic nitrogens is 5. The lowest BCUT2D eigenvalue weighted by molar-refractivity contribution is 0.0520. The molecule has 3 rings (SSSR count). The maximum atomic E-state index is 11.8. The summed E-state index contributed by atoms with van der Waals surface area (Å²) in [7, 11) is 0. The quantitative estimate of drug-likeness (QED) is 0.693. The molecule has 0 bridgehead atoms. The van der Waals surface area contributed by atoms with Crippen molar-refractivity contribution in [2.24, 2.45) is 0 Å². The molecule has 0 aliphatic heterocycles. The van der Waals surface area contributed by atoms with Gasteiger partial charge >= 0.3 is 5.97 Å². The molecule has 3 heterocycles. The molecule has 0 saturated heterocycles. The van der Waals surface area contributed by atoms with Crippen molar-refractivity contribution in [1.82, 2.24) is 25.1 Å². The van der Waals surface area contributed by atoms with E-state index in [1.807, 2.05) is 6.07 Å². The van der Waals surface area contributed by atoms with Gasteiger partial charge in [-0.05, 0) is 13.0 Å². The van der Waals surface area contributed by atoms with E-state index >= 15 is 0 Å². The zero-order valence-electron chi connectivity index (χ0n) is 10.2. The normalized spacial score (nSPS) is 10.8. The number of aromatic amines is 2. The molecule has 0 aliphatic carbocycles. The van der Waals surface area contributed by atoms with Crippen molar-refractivity contribution in [2.45, 2.75) is 6.92 Å². The maximum Gasteiger partial charge on any atom is 0.357 e. The lowest BCUT2D eigenvalue weighted by Crippen LogP contribution is -2.07. The van der Waals surface area contributed by atoms with E-state index in [1.54, 1.807) is 19.3 Å². The smallest absolute Gasteiger partial charge is 0.357 e. The summed E-state index contributed by atoms with van der Waals surface area (Å²) in [5, 5.41) is 7.38. The number of rotatable bonds is 3. The molecule has 96 valence electrons. The summed E-state index contributed by atoms with van der Waals surface area (Å²) in [6.07, 6.45) is 4.77. The van der Waals surface area contributed by atoms with Crippen molar-refractivity contribution in [1.29, 1.82) is 0 Å². The molecule has 0 aromatic carbocycles. The van der Waals surface area contributed by atoms with Gasteiger partial charge in [0.15, 0.2) is 5.69 Å². The number of fused-ring (bicyclic) bond motifs is 1. The van der Waals surface area contributed by atoms with E-state index in [1.165, 1.54) is 6.33 Å². The molecule has 0 fully saturated rings. The first-order chi connectivity index (χ1) is 9.31. The van der Waals surface area contributed by atoms with Crippen LogP contribution in [0.4, 0.5) is 0 Å². The molecular weight excluding hydrogens is 246 g/mol. The molecule has 7 nitrogen and oxygen atoms in total. The summed E-state index contributed by atoms with van der Waals surface area (Å²) in [5.41, 5.74) is 2.25. The minimum atomic E-state index is -0.447. The third-order valence-corrected chi connectivity index (χ3v) is 2.73. The largest absolute Gasteiger partial charge is 0.461 e. The summed E-state index contributed by atoms with van der Waals surface area (Å²) in [6, 6.07) is 1.85. The van der Waals surface area contributed by atoms with Crippen LogP contribution in [0.15, 0.2) is 24.8 Å². The first-order valence-corrected chi connectivity index (χ1v) is 5.80. The van der Waals surface area contributed by atoms with Gasteiger partial charge in [-0.25, -0.2) is 14.8 Å². The van der Waals surface area contributed by atoms with Gasteiger partial charge < -0.3 is 9.72 Å². The molecule has 0 unspecified atom stereocenters. The van der Waals surface area contributed by atoms with Crippen LogP contribution in [0.5, 0.6) is 0 Å². The predicted molar refractivity (Wildman–Crippen MR) is 67.4 cm³/mol. The second-order valence-electron chi connectivity index (χ2n) is 3.84. The second-order valence-corrected chi connectivity index (χ2v) is 3.84. The number of H-pyrrole nitrogens is 2. The number of carbonyl (C=O) groups excluding carboxylic acids is 1. The molecule has 2 N–H and O–H groups in total. The third-order valence-electron chi connectivity index (χ3n) is 2.73. The van der Waals surface area contributed by atoms with Crippen molar-refractivity contribution in [3.05, 3.63) is 30.5 Å². The van der Waals surface area contributed by atoms with Gasteiger partial charge in [-0.15, -0.1) is 0 Å². The zero-order valence-corrected chi connectivity index (χ0v) is 10.2. The molecule has 0 aliphatic rings. The van der Waals surface area contributed by atoms with Crippen LogP contribution >= 0.6 is 0 Å². The summed E-state index contributed by atoms with van der Waals surface area (Å²) in [4.78, 5) is 23.2. The average molecular weight is 257 g/mol. The Balaban J connectivity index is 2.15. The number of carbonyl (C=O) groups is 1. The van der Waals surface area contributed by atoms with Crippen molar-refractivity contribution >= 4 is 17.0 Å². The van der Waals surface area contributed by atoms with E-state index < -0.39 is 5.97 Å². The first kappa shape index (κ1) is 11.4. The minimum absolute atomic E-state index is 0.294. The number of hydrogen-bond acceptors (Lipinski definition) is 5. The van der Waals surface area contributed by atoms with E-state index in [9.17, 15) is 4.79 Å². The summed E-state index contributed by atoms with van der Waals surface area (Å²) in [6.45, 7) is 2.06. The van der Waals surface area contributed by atoms with Gasteiger partial charge in [0.1, 0.15) is 12.0 Å². The highest BCUT2D eigenvalue weighted by Crippen LogP contribution is 2.26. The topological polar surface area (TPSA) is 96.6 Å². The number of nitrogens with one attached hydrogen (secondary N) is 2. The van der Waals surface area contributed by atoms with Crippen molar-refractivity contribution in [2.75, 3.05) is 6.61 Å². The monoisotopic (exact) mass is 257 g/mol. The number of ether oxygens (including phenoxy) is 1. The summed E-state index contributed by atoms with van der Waals surface area (Å²) < 4.78 is 4.98. The fourth-order valence-corrected chi connectivity index (χ4v) is 1.91. The van der Waals surface area contributed by atoms with Gasteiger partial charge in [-0.2, -0.15) is 5.10 Å².